The Morgan fingerprint density at radius 3 is 2.62 bits per heavy atom. The van der Waals surface area contributed by atoms with Crippen molar-refractivity contribution in [3.05, 3.63) is 101 Å². The first-order chi connectivity index (χ1) is 20.2. The third kappa shape index (κ3) is 5.44. The zero-order valence-electron chi connectivity index (χ0n) is 22.0. The van der Waals surface area contributed by atoms with Gasteiger partial charge in [-0.1, -0.05) is 6.07 Å². The lowest BCUT2D eigenvalue weighted by Crippen LogP contribution is -2.31. The van der Waals surface area contributed by atoms with Gasteiger partial charge in [0.05, 0.1) is 34.9 Å². The van der Waals surface area contributed by atoms with Crippen LogP contribution in [-0.4, -0.2) is 44.2 Å². The Morgan fingerprint density at radius 1 is 1.07 bits per heavy atom. The molecule has 1 atom stereocenters. The lowest BCUT2D eigenvalue weighted by atomic mass is 10.0. The van der Waals surface area contributed by atoms with Crippen molar-refractivity contribution in [2.24, 2.45) is 5.73 Å². The molecule has 2 aromatic carbocycles. The van der Waals surface area contributed by atoms with Crippen molar-refractivity contribution in [3.63, 3.8) is 0 Å². The van der Waals surface area contributed by atoms with Crippen LogP contribution in [0.5, 0.6) is 5.88 Å². The number of nitrogens with zero attached hydrogens (tertiary/aromatic N) is 3. The van der Waals surface area contributed by atoms with Gasteiger partial charge in [-0.05, 0) is 60.5 Å². The van der Waals surface area contributed by atoms with E-state index in [1.807, 2.05) is 4.57 Å². The average Bonchev–Trinajstić information content (AvgIpc) is 3.56. The molecule has 1 saturated heterocycles. The second kappa shape index (κ2) is 11.1. The minimum absolute atomic E-state index is 0.00936. The number of nitrogens with two attached hydrogens (primary N) is 1. The van der Waals surface area contributed by atoms with Gasteiger partial charge in [0.25, 0.3) is 5.91 Å². The van der Waals surface area contributed by atoms with E-state index in [2.05, 4.69) is 9.97 Å². The highest BCUT2D eigenvalue weighted by atomic mass is 19.1. The van der Waals surface area contributed by atoms with E-state index >= 15 is 8.78 Å². The molecule has 0 aliphatic carbocycles. The molecular weight excluding hydrogens is 550 g/mol. The summed E-state index contributed by atoms with van der Waals surface area (Å²) in [6, 6.07) is 14.4. The lowest BCUT2D eigenvalue weighted by molar-refractivity contribution is -0.0589. The van der Waals surface area contributed by atoms with Gasteiger partial charge in [0.2, 0.25) is 5.88 Å². The number of carboxylic acids is 1. The Balaban J connectivity index is 1.26. The summed E-state index contributed by atoms with van der Waals surface area (Å²) in [7, 11) is 0. The number of carbonyl (C=O) groups is 2. The molecule has 5 aromatic rings. The Labute approximate surface area is 237 Å². The third-order valence-corrected chi connectivity index (χ3v) is 7.00. The van der Waals surface area contributed by atoms with Crippen molar-refractivity contribution in [3.8, 4) is 17.1 Å². The number of amides is 1. The van der Waals surface area contributed by atoms with Crippen LogP contribution in [0, 0.1) is 11.6 Å². The lowest BCUT2D eigenvalue weighted by Gasteiger charge is -2.27. The van der Waals surface area contributed by atoms with Crippen molar-refractivity contribution >= 4 is 22.9 Å². The summed E-state index contributed by atoms with van der Waals surface area (Å²) in [5.74, 6) is -2.20. The second-order valence-electron chi connectivity index (χ2n) is 9.81. The number of aromatic nitrogens is 3. The van der Waals surface area contributed by atoms with E-state index in [9.17, 15) is 14.7 Å². The number of pyridine rings is 1. The molecule has 1 aliphatic heterocycles. The Morgan fingerprint density at radius 2 is 1.90 bits per heavy atom. The number of imidazole rings is 1. The molecule has 3 aromatic heterocycles. The molecule has 0 bridgehead atoms. The smallest absolute Gasteiger partial charge is 0.335 e. The number of benzene rings is 2. The van der Waals surface area contributed by atoms with Crippen LogP contribution >= 0.6 is 0 Å². The van der Waals surface area contributed by atoms with E-state index in [1.54, 1.807) is 18.2 Å². The average molecular weight is 575 g/mol. The Kier molecular flexibility index (Phi) is 7.13. The Bertz CT molecular complexity index is 1830. The molecule has 1 fully saturated rings. The number of aromatic carboxylic acids is 1. The van der Waals surface area contributed by atoms with Gasteiger partial charge in [-0.3, -0.25) is 4.79 Å². The summed E-state index contributed by atoms with van der Waals surface area (Å²) >= 11 is 0. The zero-order chi connectivity index (χ0) is 29.4. The van der Waals surface area contributed by atoms with Crippen molar-refractivity contribution in [1.29, 1.82) is 0 Å². The SMILES string of the molecule is NC(=O)c1ccc(COc2cccc(-c3cc(F)c(Cc4nc5ccc(C(=O)O)cc5n4CC4CCO4)cc3F)n2)o1. The van der Waals surface area contributed by atoms with Gasteiger partial charge in [-0.25, -0.2) is 23.5 Å². The zero-order valence-corrected chi connectivity index (χ0v) is 22.0. The third-order valence-electron chi connectivity index (χ3n) is 7.00. The first-order valence-corrected chi connectivity index (χ1v) is 13.1. The molecule has 10 nitrogen and oxygen atoms in total. The van der Waals surface area contributed by atoms with Gasteiger partial charge in [-0.2, -0.15) is 0 Å². The first kappa shape index (κ1) is 27.1. The van der Waals surface area contributed by atoms with E-state index in [1.165, 1.54) is 30.3 Å². The summed E-state index contributed by atoms with van der Waals surface area (Å²) in [6.07, 6.45) is 0.734. The topological polar surface area (TPSA) is 143 Å². The normalized spacial score (nSPS) is 14.6. The number of hydrogen-bond acceptors (Lipinski definition) is 7. The fraction of sp³-hybridized carbons (Fsp3) is 0.200. The highest BCUT2D eigenvalue weighted by Crippen LogP contribution is 2.29. The van der Waals surface area contributed by atoms with Crippen LogP contribution in [0.15, 0.2) is 65.1 Å². The maximum Gasteiger partial charge on any atom is 0.335 e. The van der Waals surface area contributed by atoms with Crippen LogP contribution in [0.2, 0.25) is 0 Å². The molecule has 3 N–H and O–H groups in total. The summed E-state index contributed by atoms with van der Waals surface area (Å²) < 4.78 is 49.1. The number of carboxylic acid groups (broad SMARTS) is 1. The highest BCUT2D eigenvalue weighted by Gasteiger charge is 2.24. The van der Waals surface area contributed by atoms with Crippen LogP contribution in [0.1, 0.15) is 44.5 Å². The van der Waals surface area contributed by atoms with Gasteiger partial charge in [0.15, 0.2) is 5.76 Å². The van der Waals surface area contributed by atoms with Crippen LogP contribution in [-0.2, 0) is 24.3 Å². The minimum Gasteiger partial charge on any atom is -0.478 e. The predicted molar refractivity (Wildman–Crippen MR) is 145 cm³/mol. The molecule has 1 unspecified atom stereocenters. The van der Waals surface area contributed by atoms with Gasteiger partial charge >= 0.3 is 5.97 Å². The van der Waals surface area contributed by atoms with E-state index in [-0.39, 0.29) is 53.2 Å². The standard InChI is InChI=1S/C30H24F2N4O6/c31-21-13-20(23-2-1-3-28(35-23)41-15-19-5-7-26(42-19)29(33)37)22(32)10-17(21)12-27-34-24-6-4-16(30(38)39)11-25(24)36(27)14-18-8-9-40-18/h1-7,10-11,13,18H,8-9,12,14-15H2,(H2,33,37)(H,38,39). The summed E-state index contributed by atoms with van der Waals surface area (Å²) in [5, 5.41) is 9.44. The molecule has 6 rings (SSSR count). The predicted octanol–water partition coefficient (Wildman–Crippen LogP) is 4.73. The molecule has 1 amide bonds. The molecule has 12 heteroatoms. The summed E-state index contributed by atoms with van der Waals surface area (Å²) in [5.41, 5.74) is 6.60. The number of primary amides is 1. The maximum atomic E-state index is 15.4. The van der Waals surface area contributed by atoms with Gasteiger partial charge in [0.1, 0.15) is 29.8 Å². The van der Waals surface area contributed by atoms with Crippen LogP contribution < -0.4 is 10.5 Å². The molecule has 0 radical (unpaired) electrons. The molecule has 214 valence electrons. The molecule has 4 heterocycles. The van der Waals surface area contributed by atoms with Gasteiger partial charge in [0, 0.05) is 24.7 Å². The fourth-order valence-electron chi connectivity index (χ4n) is 4.74. The van der Waals surface area contributed by atoms with E-state index in [0.29, 0.717) is 35.8 Å². The first-order valence-electron chi connectivity index (χ1n) is 13.1. The van der Waals surface area contributed by atoms with Crippen molar-refractivity contribution < 1.29 is 37.4 Å². The fourth-order valence-corrected chi connectivity index (χ4v) is 4.74. The summed E-state index contributed by atoms with van der Waals surface area (Å²) in [6.45, 7) is 0.990. The van der Waals surface area contributed by atoms with Crippen LogP contribution in [0.3, 0.4) is 0 Å². The molecule has 42 heavy (non-hydrogen) atoms. The number of furan rings is 1. The van der Waals surface area contributed by atoms with E-state index < -0.39 is 23.5 Å². The number of halogens is 2. The van der Waals surface area contributed by atoms with Crippen molar-refractivity contribution in [1.82, 2.24) is 14.5 Å². The minimum atomic E-state index is -1.07. The number of carbonyl (C=O) groups excluding carboxylic acids is 1. The Hall–Kier alpha value is -5.10. The van der Waals surface area contributed by atoms with Crippen molar-refractivity contribution in [2.45, 2.75) is 32.1 Å². The highest BCUT2D eigenvalue weighted by molar-refractivity contribution is 5.92. The van der Waals surface area contributed by atoms with Crippen LogP contribution in [0.4, 0.5) is 8.78 Å². The monoisotopic (exact) mass is 574 g/mol. The largest absolute Gasteiger partial charge is 0.478 e. The number of fused-ring (bicyclic) bond motifs is 1. The summed E-state index contributed by atoms with van der Waals surface area (Å²) in [4.78, 5) is 31.6. The number of rotatable bonds is 10. The molecule has 0 saturated carbocycles. The van der Waals surface area contributed by atoms with E-state index in [0.717, 1.165) is 18.6 Å². The quantitative estimate of drug-likeness (QED) is 0.244. The maximum absolute atomic E-state index is 15.4. The number of hydrogen-bond donors (Lipinski definition) is 2. The number of ether oxygens (including phenoxy) is 2. The van der Waals surface area contributed by atoms with Crippen molar-refractivity contribution in [2.75, 3.05) is 6.61 Å². The van der Waals surface area contributed by atoms with Gasteiger partial charge in [-0.15, -0.1) is 0 Å². The molecular formula is C30H24F2N4O6. The van der Waals surface area contributed by atoms with E-state index in [4.69, 9.17) is 19.6 Å². The molecule has 1 aliphatic rings. The van der Waals surface area contributed by atoms with Gasteiger partial charge < -0.3 is 29.3 Å². The van der Waals surface area contributed by atoms with Crippen LogP contribution in [0.25, 0.3) is 22.3 Å². The second-order valence-corrected chi connectivity index (χ2v) is 9.81. The molecule has 0 spiro atoms.